The molecule has 0 aromatic carbocycles. The van der Waals surface area contributed by atoms with E-state index in [0.717, 1.165) is 19.1 Å². The third-order valence-corrected chi connectivity index (χ3v) is 3.06. The van der Waals surface area contributed by atoms with Crippen molar-refractivity contribution in [3.05, 3.63) is 12.7 Å². The topological polar surface area (TPSA) is 17.1 Å². The molecule has 0 saturated heterocycles. The lowest BCUT2D eigenvalue weighted by Crippen LogP contribution is -1.90. The minimum absolute atomic E-state index is 0.384. The number of carbonyl (C=O) groups is 1. The monoisotopic (exact) mass is 152 g/mol. The summed E-state index contributed by atoms with van der Waals surface area (Å²) in [5.74, 6) is 1.31. The summed E-state index contributed by atoms with van der Waals surface area (Å²) >= 11 is 0. The lowest BCUT2D eigenvalue weighted by molar-refractivity contribution is -0.108. The largest absolute Gasteiger partial charge is 0.303 e. The Kier molecular flexibility index (Phi) is 2.17. The van der Waals surface area contributed by atoms with Crippen molar-refractivity contribution in [2.45, 2.75) is 26.7 Å². The van der Waals surface area contributed by atoms with Crippen molar-refractivity contribution in [1.82, 2.24) is 0 Å². The fourth-order valence-electron chi connectivity index (χ4n) is 2.08. The standard InChI is InChI=1S/C10H16O/c1-4-5-8-9(6-7-11)10(8,2)3/h4,7-9H,1,5-6H2,2-3H3. The fraction of sp³-hybridized carbons (Fsp3) is 0.700. The first-order valence-electron chi connectivity index (χ1n) is 4.19. The van der Waals surface area contributed by atoms with Crippen molar-refractivity contribution < 1.29 is 4.79 Å². The first kappa shape index (κ1) is 8.51. The van der Waals surface area contributed by atoms with Gasteiger partial charge in [0.1, 0.15) is 6.29 Å². The van der Waals surface area contributed by atoms with Crippen molar-refractivity contribution in [2.24, 2.45) is 17.3 Å². The predicted molar refractivity (Wildman–Crippen MR) is 46.3 cm³/mol. The van der Waals surface area contributed by atoms with E-state index in [-0.39, 0.29) is 0 Å². The first-order chi connectivity index (χ1) is 5.14. The van der Waals surface area contributed by atoms with Crippen molar-refractivity contribution in [3.8, 4) is 0 Å². The zero-order valence-corrected chi connectivity index (χ0v) is 7.34. The zero-order valence-electron chi connectivity index (χ0n) is 7.34. The highest BCUT2D eigenvalue weighted by molar-refractivity contribution is 5.51. The molecule has 1 aliphatic rings. The molecule has 1 nitrogen and oxygen atoms in total. The number of allylic oxidation sites excluding steroid dienone is 1. The average Bonchev–Trinajstić information content (AvgIpc) is 2.41. The minimum Gasteiger partial charge on any atom is -0.303 e. The molecule has 1 aliphatic carbocycles. The van der Waals surface area contributed by atoms with Gasteiger partial charge in [0, 0.05) is 6.42 Å². The van der Waals surface area contributed by atoms with Crippen molar-refractivity contribution in [3.63, 3.8) is 0 Å². The normalized spacial score (nSPS) is 32.9. The van der Waals surface area contributed by atoms with E-state index in [2.05, 4.69) is 20.4 Å². The first-order valence-corrected chi connectivity index (χ1v) is 4.19. The Morgan fingerprint density at radius 2 is 1.91 bits per heavy atom. The second-order valence-corrected chi connectivity index (χ2v) is 3.96. The summed E-state index contributed by atoms with van der Waals surface area (Å²) in [5, 5.41) is 0. The summed E-state index contributed by atoms with van der Waals surface area (Å²) in [5.41, 5.74) is 0.384. The van der Waals surface area contributed by atoms with Gasteiger partial charge in [0.2, 0.25) is 0 Å². The van der Waals surface area contributed by atoms with Crippen LogP contribution in [-0.4, -0.2) is 6.29 Å². The molecule has 1 saturated carbocycles. The molecule has 0 heterocycles. The highest BCUT2D eigenvalue weighted by Crippen LogP contribution is 2.61. The number of rotatable bonds is 4. The zero-order chi connectivity index (χ0) is 8.48. The molecule has 0 aromatic heterocycles. The summed E-state index contributed by atoms with van der Waals surface area (Å²) in [4.78, 5) is 10.3. The van der Waals surface area contributed by atoms with Crippen LogP contribution in [0.4, 0.5) is 0 Å². The molecule has 1 heteroatoms. The van der Waals surface area contributed by atoms with E-state index in [1.807, 2.05) is 6.08 Å². The molecule has 0 radical (unpaired) electrons. The van der Waals surface area contributed by atoms with E-state index in [0.29, 0.717) is 17.3 Å². The highest BCUT2D eigenvalue weighted by Gasteiger charge is 2.55. The fourth-order valence-corrected chi connectivity index (χ4v) is 2.08. The van der Waals surface area contributed by atoms with Crippen LogP contribution in [0.25, 0.3) is 0 Å². The average molecular weight is 152 g/mol. The summed E-state index contributed by atoms with van der Waals surface area (Å²) in [7, 11) is 0. The number of hydrogen-bond acceptors (Lipinski definition) is 1. The maximum Gasteiger partial charge on any atom is 0.120 e. The van der Waals surface area contributed by atoms with Crippen LogP contribution in [0.15, 0.2) is 12.7 Å². The van der Waals surface area contributed by atoms with E-state index in [4.69, 9.17) is 0 Å². The smallest absolute Gasteiger partial charge is 0.120 e. The van der Waals surface area contributed by atoms with Gasteiger partial charge in [-0.15, -0.1) is 6.58 Å². The molecule has 0 amide bonds. The molecule has 2 unspecified atom stereocenters. The van der Waals surface area contributed by atoms with Crippen LogP contribution in [-0.2, 0) is 4.79 Å². The van der Waals surface area contributed by atoms with E-state index >= 15 is 0 Å². The molecule has 1 rings (SSSR count). The molecule has 0 bridgehead atoms. The van der Waals surface area contributed by atoms with Gasteiger partial charge < -0.3 is 4.79 Å². The summed E-state index contributed by atoms with van der Waals surface area (Å²) in [6.07, 6.45) is 4.78. The summed E-state index contributed by atoms with van der Waals surface area (Å²) < 4.78 is 0. The van der Waals surface area contributed by atoms with Gasteiger partial charge in [0.15, 0.2) is 0 Å². The van der Waals surface area contributed by atoms with Gasteiger partial charge in [0.05, 0.1) is 0 Å². The van der Waals surface area contributed by atoms with E-state index < -0.39 is 0 Å². The Labute approximate surface area is 68.5 Å². The molecule has 0 aliphatic heterocycles. The molecular formula is C10H16O. The van der Waals surface area contributed by atoms with Gasteiger partial charge in [-0.25, -0.2) is 0 Å². The molecule has 0 spiro atoms. The van der Waals surface area contributed by atoms with Gasteiger partial charge >= 0.3 is 0 Å². The van der Waals surface area contributed by atoms with Crippen LogP contribution in [0.3, 0.4) is 0 Å². The quantitative estimate of drug-likeness (QED) is 0.446. The van der Waals surface area contributed by atoms with Gasteiger partial charge in [-0.05, 0) is 23.7 Å². The summed E-state index contributed by atoms with van der Waals surface area (Å²) in [6.45, 7) is 8.18. The van der Waals surface area contributed by atoms with Crippen molar-refractivity contribution in [2.75, 3.05) is 0 Å². The molecule has 0 N–H and O–H groups in total. The maximum atomic E-state index is 10.3. The van der Waals surface area contributed by atoms with E-state index in [1.165, 1.54) is 0 Å². The Morgan fingerprint density at radius 1 is 1.36 bits per heavy atom. The van der Waals surface area contributed by atoms with Crippen molar-refractivity contribution in [1.29, 1.82) is 0 Å². The van der Waals surface area contributed by atoms with Gasteiger partial charge in [-0.1, -0.05) is 19.9 Å². The Balaban J connectivity index is 2.45. The Hall–Kier alpha value is -0.590. The number of carbonyl (C=O) groups excluding carboxylic acids is 1. The number of aldehydes is 1. The molecular weight excluding hydrogens is 136 g/mol. The SMILES string of the molecule is C=CCC1C(CC=O)C1(C)C. The maximum absolute atomic E-state index is 10.3. The molecule has 1 fully saturated rings. The van der Waals surface area contributed by atoms with Crippen LogP contribution >= 0.6 is 0 Å². The van der Waals surface area contributed by atoms with E-state index in [1.54, 1.807) is 0 Å². The number of hydrogen-bond donors (Lipinski definition) is 0. The van der Waals surface area contributed by atoms with Crippen LogP contribution in [0.5, 0.6) is 0 Å². The third kappa shape index (κ3) is 1.37. The van der Waals surface area contributed by atoms with Crippen LogP contribution in [0.1, 0.15) is 26.7 Å². The Bertz CT molecular complexity index is 152. The van der Waals surface area contributed by atoms with Gasteiger partial charge in [-0.2, -0.15) is 0 Å². The van der Waals surface area contributed by atoms with Crippen LogP contribution < -0.4 is 0 Å². The molecule has 11 heavy (non-hydrogen) atoms. The van der Waals surface area contributed by atoms with E-state index in [9.17, 15) is 4.79 Å². The molecule has 62 valence electrons. The minimum atomic E-state index is 0.384. The highest BCUT2D eigenvalue weighted by atomic mass is 16.1. The van der Waals surface area contributed by atoms with Gasteiger partial charge in [0.25, 0.3) is 0 Å². The third-order valence-electron chi connectivity index (χ3n) is 3.06. The lowest BCUT2D eigenvalue weighted by atomic mass is 10.1. The Morgan fingerprint density at radius 3 is 2.36 bits per heavy atom. The van der Waals surface area contributed by atoms with Crippen LogP contribution in [0.2, 0.25) is 0 Å². The van der Waals surface area contributed by atoms with Crippen molar-refractivity contribution >= 4 is 6.29 Å². The molecule has 0 aromatic rings. The lowest BCUT2D eigenvalue weighted by Gasteiger charge is -1.97. The summed E-state index contributed by atoms with van der Waals surface area (Å²) in [6, 6.07) is 0. The second kappa shape index (κ2) is 2.80. The van der Waals surface area contributed by atoms with Gasteiger partial charge in [-0.3, -0.25) is 0 Å². The molecule has 2 atom stereocenters. The predicted octanol–water partition coefficient (Wildman–Crippen LogP) is 2.42. The van der Waals surface area contributed by atoms with Crippen LogP contribution in [0, 0.1) is 17.3 Å². The second-order valence-electron chi connectivity index (χ2n) is 3.96.